The monoisotopic (exact) mass is 122 g/mol. The molecule has 0 rings (SSSR count). The summed E-state index contributed by atoms with van der Waals surface area (Å²) < 4.78 is 16.3. The van der Waals surface area contributed by atoms with E-state index in [1.165, 1.54) is 0 Å². The largest absolute Gasteiger partial charge is 0.445 e. The number of aliphatic hydroxyl groups excluding tert-OH is 1. The van der Waals surface area contributed by atoms with Crippen molar-refractivity contribution in [1.82, 2.24) is 0 Å². The highest BCUT2D eigenvalue weighted by atomic mass is 32.2. The molecule has 0 saturated carbocycles. The fraction of sp³-hybridized carbons (Fsp3) is 1.00. The van der Waals surface area contributed by atoms with Gasteiger partial charge in [0.15, 0.2) is 0 Å². The molecule has 0 aromatic heterocycles. The molecule has 0 atom stereocenters. The van der Waals surface area contributed by atoms with E-state index in [0.717, 1.165) is 0 Å². The van der Waals surface area contributed by atoms with Gasteiger partial charge in [-0.1, -0.05) is 5.75 Å². The first-order valence-electron chi connectivity index (χ1n) is 1.98. The Morgan fingerprint density at radius 1 is 1.71 bits per heavy atom. The summed E-state index contributed by atoms with van der Waals surface area (Å²) in [6.45, 7) is 0.0324. The lowest BCUT2D eigenvalue weighted by molar-refractivity contribution is 0.296. The smallest absolute Gasteiger partial charge is 0.0415 e. The summed E-state index contributed by atoms with van der Waals surface area (Å²) in [5, 5.41) is 8.10. The molecule has 44 valence electrons. The van der Waals surface area contributed by atoms with Crippen molar-refractivity contribution in [2.75, 3.05) is 12.4 Å². The molecule has 0 radical (unpaired) electrons. The second-order valence-corrected chi connectivity index (χ2v) is 2.23. The van der Waals surface area contributed by atoms with Gasteiger partial charge in [0, 0.05) is 6.61 Å². The Kier molecular flexibility index (Phi) is 4.03. The minimum Gasteiger partial charge on any atom is -0.445 e. The fourth-order valence-electron chi connectivity index (χ4n) is 0.196. The maximum Gasteiger partial charge on any atom is 0.0415 e. The Hall–Kier alpha value is -0.0900. The third-order valence-electron chi connectivity index (χ3n) is 0.488. The summed E-state index contributed by atoms with van der Waals surface area (Å²) >= 11 is 0. The lowest BCUT2D eigenvalue weighted by Gasteiger charge is -1.92. The molecule has 0 saturated heterocycles. The summed E-state index contributed by atoms with van der Waals surface area (Å²) in [6, 6.07) is 0. The Bertz CT molecular complexity index is 91.1. The average molecular weight is 122 g/mol. The molecule has 0 aromatic rings. The van der Waals surface area contributed by atoms with Gasteiger partial charge in [0.1, 0.15) is 0 Å². The molecule has 0 bridgehead atoms. The second-order valence-electron chi connectivity index (χ2n) is 1.13. The number of rotatable bonds is 3. The molecule has 0 aliphatic carbocycles. The van der Waals surface area contributed by atoms with Crippen LogP contribution in [-0.4, -0.2) is 17.5 Å². The van der Waals surface area contributed by atoms with E-state index in [9.17, 15) is 4.21 Å². The normalized spacial score (nSPS) is 10.0. The topological polar surface area (TPSA) is 61.2 Å². The highest BCUT2D eigenvalue weighted by Crippen LogP contribution is 1.75. The van der Waals surface area contributed by atoms with E-state index in [4.69, 9.17) is 9.89 Å². The first-order valence-corrected chi connectivity index (χ1v) is 3.29. The summed E-state index contributed by atoms with van der Waals surface area (Å²) in [5.41, 5.74) is 0. The van der Waals surface area contributed by atoms with Crippen LogP contribution in [0.4, 0.5) is 0 Å². The molecule has 0 aliphatic heterocycles. The van der Waals surface area contributed by atoms with Gasteiger partial charge < -0.3 is 14.1 Å². The number of nitrogens with one attached hydrogen (secondary N) is 1. The lowest BCUT2D eigenvalue weighted by Crippen LogP contribution is -1.88. The van der Waals surface area contributed by atoms with E-state index in [-0.39, 0.29) is 12.4 Å². The quantitative estimate of drug-likeness (QED) is 0.521. The van der Waals surface area contributed by atoms with Crippen LogP contribution < -0.4 is 0 Å². The zero-order chi connectivity index (χ0) is 5.70. The van der Waals surface area contributed by atoms with Crippen molar-refractivity contribution in [3.8, 4) is 0 Å². The van der Waals surface area contributed by atoms with Crippen molar-refractivity contribution in [2.45, 2.75) is 6.42 Å². The molecule has 7 heavy (non-hydrogen) atoms. The van der Waals surface area contributed by atoms with Crippen molar-refractivity contribution >= 4 is 10.6 Å². The number of aliphatic hydroxyl groups is 1. The molecule has 0 aromatic carbocycles. The van der Waals surface area contributed by atoms with Crippen LogP contribution in [0.1, 0.15) is 6.42 Å². The van der Waals surface area contributed by atoms with E-state index in [0.29, 0.717) is 6.42 Å². The van der Waals surface area contributed by atoms with Crippen molar-refractivity contribution in [2.24, 2.45) is 0 Å². The lowest BCUT2D eigenvalue weighted by atomic mass is 10.5. The SMILES string of the molecule is N=[S-](=O)CCCO. The van der Waals surface area contributed by atoms with Gasteiger partial charge in [-0.15, -0.1) is 0 Å². The van der Waals surface area contributed by atoms with Crippen molar-refractivity contribution in [3.05, 3.63) is 0 Å². The molecule has 0 fully saturated rings. The van der Waals surface area contributed by atoms with Gasteiger partial charge in [-0.3, -0.25) is 0 Å². The summed E-state index contributed by atoms with van der Waals surface area (Å²) in [5.74, 6) is 0.288. The second kappa shape index (κ2) is 4.08. The molecule has 2 N–H and O–H groups in total. The predicted molar refractivity (Wildman–Crippen MR) is 27.3 cm³/mol. The van der Waals surface area contributed by atoms with Crippen LogP contribution in [0.2, 0.25) is 0 Å². The molecule has 0 unspecified atom stereocenters. The standard InChI is InChI=1S/C3H8NO2S/c4-7(6)3-1-2-5/h4-5H,1-3H2/q-1. The Labute approximate surface area is 44.4 Å². The van der Waals surface area contributed by atoms with Gasteiger partial charge in [0.25, 0.3) is 0 Å². The fourth-order valence-corrected chi connectivity index (χ4v) is 0.587. The van der Waals surface area contributed by atoms with Crippen molar-refractivity contribution in [3.63, 3.8) is 0 Å². The van der Waals surface area contributed by atoms with Crippen LogP contribution in [0.3, 0.4) is 0 Å². The van der Waals surface area contributed by atoms with Gasteiger partial charge in [-0.25, -0.2) is 0 Å². The van der Waals surface area contributed by atoms with E-state index in [1.54, 1.807) is 0 Å². The van der Waals surface area contributed by atoms with Gasteiger partial charge in [0.2, 0.25) is 0 Å². The van der Waals surface area contributed by atoms with Gasteiger partial charge in [0.05, 0.1) is 0 Å². The highest BCUT2D eigenvalue weighted by molar-refractivity contribution is 7.73. The summed E-state index contributed by atoms with van der Waals surface area (Å²) in [7, 11) is -1.48. The van der Waals surface area contributed by atoms with Crippen molar-refractivity contribution in [1.29, 1.82) is 4.78 Å². The first-order chi connectivity index (χ1) is 3.27. The molecule has 0 amide bonds. The van der Waals surface area contributed by atoms with Crippen LogP contribution in [0, 0.1) is 4.78 Å². The van der Waals surface area contributed by atoms with E-state index >= 15 is 0 Å². The zero-order valence-corrected chi connectivity index (χ0v) is 4.70. The Morgan fingerprint density at radius 3 is 2.43 bits per heavy atom. The molecule has 0 heterocycles. The summed E-state index contributed by atoms with van der Waals surface area (Å²) in [4.78, 5) is 0. The molecular formula is C3H8NO2S-. The Morgan fingerprint density at radius 2 is 2.29 bits per heavy atom. The maximum atomic E-state index is 9.87. The van der Waals surface area contributed by atoms with Crippen LogP contribution in [0.5, 0.6) is 0 Å². The van der Waals surface area contributed by atoms with Crippen LogP contribution in [0.15, 0.2) is 0 Å². The average Bonchev–Trinajstić information content (AvgIpc) is 1.61. The van der Waals surface area contributed by atoms with Crippen LogP contribution in [0.25, 0.3) is 0 Å². The maximum absolute atomic E-state index is 9.87. The zero-order valence-electron chi connectivity index (χ0n) is 3.89. The molecule has 0 spiro atoms. The number of hydrogen-bond acceptors (Lipinski definition) is 4. The first kappa shape index (κ1) is 6.91. The molecule has 0 aliphatic rings. The van der Waals surface area contributed by atoms with Gasteiger partial charge >= 0.3 is 0 Å². The van der Waals surface area contributed by atoms with Crippen molar-refractivity contribution < 1.29 is 9.32 Å². The van der Waals surface area contributed by atoms with Crippen LogP contribution in [-0.2, 0) is 14.8 Å². The Balaban J connectivity index is 2.98. The molecule has 4 heteroatoms. The molecular weight excluding hydrogens is 114 g/mol. The number of hydrogen-bond donors (Lipinski definition) is 2. The van der Waals surface area contributed by atoms with E-state index in [2.05, 4.69) is 0 Å². The molecule has 3 nitrogen and oxygen atoms in total. The van der Waals surface area contributed by atoms with E-state index < -0.39 is 10.6 Å². The highest BCUT2D eigenvalue weighted by Gasteiger charge is 1.71. The third-order valence-corrected chi connectivity index (χ3v) is 1.15. The van der Waals surface area contributed by atoms with Crippen LogP contribution >= 0.6 is 0 Å². The van der Waals surface area contributed by atoms with E-state index in [1.807, 2.05) is 0 Å². The van der Waals surface area contributed by atoms with Gasteiger partial charge in [-0.2, -0.15) is 10.6 Å². The summed E-state index contributed by atoms with van der Waals surface area (Å²) in [6.07, 6.45) is 0.468. The predicted octanol–water partition coefficient (Wildman–Crippen LogP) is 0.0950. The minimum absolute atomic E-state index is 0.0324. The third kappa shape index (κ3) is 5.91. The van der Waals surface area contributed by atoms with Gasteiger partial charge in [-0.05, 0) is 6.42 Å². The minimum atomic E-state index is -1.48.